The first-order valence-corrected chi connectivity index (χ1v) is 10.2. The predicted molar refractivity (Wildman–Crippen MR) is 111 cm³/mol. The molecule has 1 aromatic carbocycles. The molecule has 1 atom stereocenters. The van der Waals surface area contributed by atoms with Gasteiger partial charge in [-0.25, -0.2) is 0 Å². The van der Waals surface area contributed by atoms with Gasteiger partial charge in [0.1, 0.15) is 5.75 Å². The zero-order valence-electron chi connectivity index (χ0n) is 16.0. The lowest BCUT2D eigenvalue weighted by atomic mass is 10.1. The predicted octanol–water partition coefficient (Wildman–Crippen LogP) is 3.29. The van der Waals surface area contributed by atoms with Crippen molar-refractivity contribution < 1.29 is 9.53 Å². The van der Waals surface area contributed by atoms with Crippen LogP contribution in [-0.2, 0) is 6.54 Å². The summed E-state index contributed by atoms with van der Waals surface area (Å²) >= 11 is 1.53. The molecule has 7 heteroatoms. The van der Waals surface area contributed by atoms with Crippen LogP contribution in [0, 0.1) is 0 Å². The number of benzene rings is 1. The lowest BCUT2D eigenvalue weighted by Crippen LogP contribution is -2.26. The van der Waals surface area contributed by atoms with Crippen LogP contribution in [0.25, 0.3) is 10.9 Å². The number of amides is 1. The summed E-state index contributed by atoms with van der Waals surface area (Å²) in [5.74, 6) is 0.714. The minimum Gasteiger partial charge on any atom is -0.497 e. The number of aromatic nitrogens is 1. The van der Waals surface area contributed by atoms with Crippen molar-refractivity contribution in [3.8, 4) is 5.75 Å². The van der Waals surface area contributed by atoms with Gasteiger partial charge >= 0.3 is 0 Å². The van der Waals surface area contributed by atoms with E-state index in [1.54, 1.807) is 14.2 Å². The molecule has 1 aliphatic rings. The molecule has 0 bridgehead atoms. The number of fused-ring (bicyclic) bond motifs is 1. The first-order valence-electron chi connectivity index (χ1n) is 9.35. The Labute approximate surface area is 167 Å². The van der Waals surface area contributed by atoms with Crippen molar-refractivity contribution >= 4 is 28.1 Å². The van der Waals surface area contributed by atoms with Gasteiger partial charge in [-0.3, -0.25) is 14.5 Å². The molecule has 6 nitrogen and oxygen atoms in total. The smallest absolute Gasteiger partial charge is 0.261 e. The average Bonchev–Trinajstić information content (AvgIpc) is 3.37. The zero-order chi connectivity index (χ0) is 19.7. The average molecular weight is 398 g/mol. The van der Waals surface area contributed by atoms with E-state index in [-0.39, 0.29) is 17.5 Å². The Bertz CT molecular complexity index is 1070. The number of aromatic amines is 1. The van der Waals surface area contributed by atoms with Crippen LogP contribution in [-0.4, -0.2) is 36.5 Å². The van der Waals surface area contributed by atoms with Crippen LogP contribution < -0.4 is 15.6 Å². The van der Waals surface area contributed by atoms with Gasteiger partial charge in [-0.2, -0.15) is 0 Å². The number of ether oxygens (including phenoxy) is 1. The Morgan fingerprint density at radius 2 is 2.18 bits per heavy atom. The quantitative estimate of drug-likeness (QED) is 0.693. The summed E-state index contributed by atoms with van der Waals surface area (Å²) in [4.78, 5) is 31.7. The van der Waals surface area contributed by atoms with E-state index in [9.17, 15) is 9.59 Å². The van der Waals surface area contributed by atoms with Gasteiger partial charge in [0.25, 0.3) is 11.5 Å². The molecule has 0 radical (unpaired) electrons. The lowest BCUT2D eigenvalue weighted by molar-refractivity contribution is 0.0967. The molecule has 3 heterocycles. The number of nitrogens with zero attached hydrogens (tertiary/aromatic N) is 1. The van der Waals surface area contributed by atoms with Crippen molar-refractivity contribution in [1.82, 2.24) is 15.2 Å². The molecule has 0 saturated carbocycles. The van der Waals surface area contributed by atoms with Crippen LogP contribution in [0.5, 0.6) is 5.75 Å². The minimum absolute atomic E-state index is 0.0549. The highest BCUT2D eigenvalue weighted by Gasteiger charge is 2.28. The summed E-state index contributed by atoms with van der Waals surface area (Å²) in [6.07, 6.45) is 2.12. The maximum absolute atomic E-state index is 12.6. The second-order valence-corrected chi connectivity index (χ2v) is 8.10. The van der Waals surface area contributed by atoms with Crippen molar-refractivity contribution in [2.24, 2.45) is 0 Å². The molecule has 146 valence electrons. The molecule has 3 aromatic rings. The molecule has 1 fully saturated rings. The fourth-order valence-corrected chi connectivity index (χ4v) is 4.93. The van der Waals surface area contributed by atoms with Crippen molar-refractivity contribution in [3.63, 3.8) is 0 Å². The van der Waals surface area contributed by atoms with Crippen LogP contribution >= 0.6 is 11.3 Å². The lowest BCUT2D eigenvalue weighted by Gasteiger charge is -2.23. The Kier molecular flexibility index (Phi) is 5.19. The van der Waals surface area contributed by atoms with Crippen molar-refractivity contribution in [2.75, 3.05) is 20.7 Å². The highest BCUT2D eigenvalue weighted by molar-refractivity contribution is 7.14. The largest absolute Gasteiger partial charge is 0.497 e. The minimum atomic E-state index is -0.0550. The first kappa shape index (κ1) is 18.7. The Hall–Kier alpha value is -2.64. The number of carbonyl (C=O) groups is 1. The van der Waals surface area contributed by atoms with Gasteiger partial charge in [0.05, 0.1) is 12.0 Å². The third kappa shape index (κ3) is 3.55. The molecule has 1 saturated heterocycles. The third-order valence-corrected chi connectivity index (χ3v) is 6.46. The van der Waals surface area contributed by atoms with Gasteiger partial charge in [0.2, 0.25) is 0 Å². The SMILES string of the molecule is CNC(=O)c1ccc([C@H]2CCCN2Cc2cc3cc(OC)ccc3[nH]c2=O)s1. The number of hydrogen-bond acceptors (Lipinski definition) is 5. The summed E-state index contributed by atoms with van der Waals surface area (Å²) in [5.41, 5.74) is 1.50. The zero-order valence-corrected chi connectivity index (χ0v) is 16.8. The number of carbonyl (C=O) groups excluding carboxylic acids is 1. The molecule has 2 aromatic heterocycles. The maximum atomic E-state index is 12.6. The fraction of sp³-hybridized carbons (Fsp3) is 0.333. The summed E-state index contributed by atoms with van der Waals surface area (Å²) in [5, 5.41) is 3.63. The fourth-order valence-electron chi connectivity index (χ4n) is 3.81. The highest BCUT2D eigenvalue weighted by atomic mass is 32.1. The Morgan fingerprint density at radius 3 is 2.96 bits per heavy atom. The molecule has 0 spiro atoms. The van der Waals surface area contributed by atoms with E-state index in [0.717, 1.165) is 46.5 Å². The second kappa shape index (κ2) is 7.77. The topological polar surface area (TPSA) is 74.4 Å². The third-order valence-electron chi connectivity index (χ3n) is 5.27. The van der Waals surface area contributed by atoms with E-state index in [1.807, 2.05) is 36.4 Å². The Balaban J connectivity index is 1.60. The number of nitrogens with one attached hydrogen (secondary N) is 2. The molecule has 0 unspecified atom stereocenters. The molecule has 2 N–H and O–H groups in total. The van der Waals surface area contributed by atoms with Gasteiger partial charge in [-0.05, 0) is 55.8 Å². The number of rotatable bonds is 5. The second-order valence-electron chi connectivity index (χ2n) is 6.99. The van der Waals surface area contributed by atoms with Crippen molar-refractivity contribution in [1.29, 1.82) is 0 Å². The number of pyridine rings is 1. The standard InChI is InChI=1S/C21H23N3O3S/c1-22-21(26)19-8-7-18(28-19)17-4-3-9-24(17)12-14-10-13-11-15(27-2)5-6-16(13)23-20(14)25/h5-8,10-11,17H,3-4,9,12H2,1-2H3,(H,22,26)(H,23,25)/t17-/m1/s1. The van der Waals surface area contributed by atoms with E-state index < -0.39 is 0 Å². The summed E-state index contributed by atoms with van der Waals surface area (Å²) in [6.45, 7) is 1.52. The van der Waals surface area contributed by atoms with Gasteiger partial charge in [-0.1, -0.05) is 0 Å². The molecule has 1 amide bonds. The number of likely N-dealkylation sites (tertiary alicyclic amines) is 1. The number of thiophene rings is 1. The van der Waals surface area contributed by atoms with Crippen LogP contribution in [0.4, 0.5) is 0 Å². The number of hydrogen-bond donors (Lipinski definition) is 2. The normalized spacial score (nSPS) is 17.1. The number of methoxy groups -OCH3 is 1. The van der Waals surface area contributed by atoms with Crippen LogP contribution in [0.2, 0.25) is 0 Å². The molecule has 1 aliphatic heterocycles. The van der Waals surface area contributed by atoms with Gasteiger partial charge < -0.3 is 15.0 Å². The van der Waals surface area contributed by atoms with Crippen LogP contribution in [0.3, 0.4) is 0 Å². The molecule has 0 aliphatic carbocycles. The van der Waals surface area contributed by atoms with Gasteiger partial charge in [-0.15, -0.1) is 11.3 Å². The monoisotopic (exact) mass is 397 g/mol. The maximum Gasteiger partial charge on any atom is 0.261 e. The van der Waals surface area contributed by atoms with E-state index in [2.05, 4.69) is 15.2 Å². The highest BCUT2D eigenvalue weighted by Crippen LogP contribution is 2.36. The molecular formula is C21H23N3O3S. The summed E-state index contributed by atoms with van der Waals surface area (Å²) in [6, 6.07) is 11.8. The molecule has 4 rings (SSSR count). The van der Waals surface area contributed by atoms with E-state index in [1.165, 1.54) is 16.2 Å². The van der Waals surface area contributed by atoms with E-state index in [0.29, 0.717) is 6.54 Å². The van der Waals surface area contributed by atoms with E-state index in [4.69, 9.17) is 4.74 Å². The van der Waals surface area contributed by atoms with Crippen molar-refractivity contribution in [2.45, 2.75) is 25.4 Å². The van der Waals surface area contributed by atoms with Gasteiger partial charge in [0.15, 0.2) is 0 Å². The Morgan fingerprint density at radius 1 is 1.32 bits per heavy atom. The van der Waals surface area contributed by atoms with Crippen LogP contribution in [0.1, 0.15) is 39.0 Å². The summed E-state index contributed by atoms with van der Waals surface area (Å²) in [7, 11) is 3.28. The molecule has 28 heavy (non-hydrogen) atoms. The first-order chi connectivity index (χ1) is 13.6. The van der Waals surface area contributed by atoms with Crippen molar-refractivity contribution in [3.05, 3.63) is 62.1 Å². The van der Waals surface area contributed by atoms with Crippen LogP contribution in [0.15, 0.2) is 41.2 Å². The van der Waals surface area contributed by atoms with E-state index >= 15 is 0 Å². The summed E-state index contributed by atoms with van der Waals surface area (Å²) < 4.78 is 5.30. The number of H-pyrrole nitrogens is 1. The van der Waals surface area contributed by atoms with Gasteiger partial charge in [0, 0.05) is 41.0 Å². The molecular weight excluding hydrogens is 374 g/mol.